The summed E-state index contributed by atoms with van der Waals surface area (Å²) < 4.78 is 5.45. The molecule has 7 nitrogen and oxygen atoms in total. The second kappa shape index (κ2) is 8.98. The number of amides is 4. The van der Waals surface area contributed by atoms with E-state index in [0.717, 1.165) is 16.9 Å². The number of rotatable bonds is 8. The lowest BCUT2D eigenvalue weighted by molar-refractivity contribution is -0.130. The molecule has 0 aromatic heterocycles. The summed E-state index contributed by atoms with van der Waals surface area (Å²) in [4.78, 5) is 37.6. The van der Waals surface area contributed by atoms with Gasteiger partial charge in [-0.1, -0.05) is 30.3 Å². The van der Waals surface area contributed by atoms with E-state index in [1.165, 1.54) is 4.90 Å². The number of nitrogens with zero attached hydrogens (tertiary/aromatic N) is 1. The summed E-state index contributed by atoms with van der Waals surface area (Å²) in [6.45, 7) is 3.54. The van der Waals surface area contributed by atoms with Gasteiger partial charge < -0.3 is 15.4 Å². The Bertz CT molecular complexity index is 941. The van der Waals surface area contributed by atoms with Crippen molar-refractivity contribution in [3.05, 3.63) is 59.7 Å². The zero-order valence-corrected chi connectivity index (χ0v) is 17.5. The molecule has 7 heteroatoms. The highest BCUT2D eigenvalue weighted by atomic mass is 16.5. The van der Waals surface area contributed by atoms with Crippen molar-refractivity contribution in [1.82, 2.24) is 10.2 Å². The Morgan fingerprint density at radius 1 is 1.13 bits per heavy atom. The molecular weight excluding hydrogens is 382 g/mol. The van der Waals surface area contributed by atoms with Gasteiger partial charge in [-0.15, -0.1) is 0 Å². The van der Waals surface area contributed by atoms with Crippen LogP contribution in [0.25, 0.3) is 0 Å². The molecule has 0 saturated carbocycles. The Morgan fingerprint density at radius 3 is 2.50 bits per heavy atom. The van der Waals surface area contributed by atoms with E-state index in [-0.39, 0.29) is 24.8 Å². The Hall–Kier alpha value is -3.35. The van der Waals surface area contributed by atoms with Crippen molar-refractivity contribution in [2.75, 3.05) is 19.0 Å². The Morgan fingerprint density at radius 2 is 1.87 bits per heavy atom. The molecule has 3 rings (SSSR count). The van der Waals surface area contributed by atoms with Crippen LogP contribution in [0.5, 0.6) is 5.75 Å². The van der Waals surface area contributed by atoms with Crippen molar-refractivity contribution in [1.29, 1.82) is 0 Å². The lowest BCUT2D eigenvalue weighted by Crippen LogP contribution is -2.40. The van der Waals surface area contributed by atoms with Gasteiger partial charge in [0.15, 0.2) is 0 Å². The van der Waals surface area contributed by atoms with E-state index in [1.807, 2.05) is 42.5 Å². The highest BCUT2D eigenvalue weighted by molar-refractivity contribution is 6.06. The Balaban J connectivity index is 1.57. The molecule has 0 aliphatic carbocycles. The van der Waals surface area contributed by atoms with E-state index in [9.17, 15) is 14.4 Å². The van der Waals surface area contributed by atoms with E-state index in [4.69, 9.17) is 4.74 Å². The van der Waals surface area contributed by atoms with Crippen LogP contribution in [0.3, 0.4) is 0 Å². The number of imide groups is 1. The topological polar surface area (TPSA) is 87.7 Å². The van der Waals surface area contributed by atoms with Gasteiger partial charge in [-0.25, -0.2) is 4.79 Å². The van der Waals surface area contributed by atoms with Crippen LogP contribution in [0.1, 0.15) is 37.8 Å². The highest BCUT2D eigenvalue weighted by Gasteiger charge is 2.43. The molecule has 0 radical (unpaired) electrons. The maximum Gasteiger partial charge on any atom is 0.325 e. The molecule has 30 heavy (non-hydrogen) atoms. The van der Waals surface area contributed by atoms with Gasteiger partial charge in [-0.05, 0) is 44.0 Å². The van der Waals surface area contributed by atoms with E-state index in [0.29, 0.717) is 18.5 Å². The van der Waals surface area contributed by atoms with Gasteiger partial charge in [0.1, 0.15) is 11.3 Å². The standard InChI is InChI=1S/C23H27N3O4/c1-23(2)21(28)26(22(29)25-23)13-7-10-20(27)24-18-11-12-19(30-3)17(15-18)14-16-8-5-4-6-9-16/h4-6,8-9,11-12,15H,7,10,13-14H2,1-3H3,(H,24,27)(H,25,29). The summed E-state index contributed by atoms with van der Waals surface area (Å²) in [6, 6.07) is 15.2. The van der Waals surface area contributed by atoms with Gasteiger partial charge in [0.25, 0.3) is 5.91 Å². The minimum atomic E-state index is -0.891. The Kier molecular flexibility index (Phi) is 6.40. The van der Waals surface area contributed by atoms with Crippen LogP contribution in [-0.2, 0) is 16.0 Å². The summed E-state index contributed by atoms with van der Waals surface area (Å²) in [6.07, 6.45) is 1.29. The number of benzene rings is 2. The second-order valence-electron chi connectivity index (χ2n) is 7.85. The van der Waals surface area contributed by atoms with Gasteiger partial charge in [-0.3, -0.25) is 14.5 Å². The molecule has 1 heterocycles. The normalized spacial score (nSPS) is 15.1. The molecule has 0 spiro atoms. The third kappa shape index (κ3) is 4.97. The largest absolute Gasteiger partial charge is 0.496 e. The monoisotopic (exact) mass is 409 g/mol. The molecule has 158 valence electrons. The van der Waals surface area contributed by atoms with Crippen LogP contribution >= 0.6 is 0 Å². The Labute approximate surface area is 176 Å². The zero-order valence-electron chi connectivity index (χ0n) is 17.5. The fourth-order valence-corrected chi connectivity index (χ4v) is 3.45. The molecule has 2 N–H and O–H groups in total. The molecule has 1 fully saturated rings. The predicted octanol–water partition coefficient (Wildman–Crippen LogP) is 3.34. The summed E-state index contributed by atoms with van der Waals surface area (Å²) in [7, 11) is 1.62. The molecule has 2 aromatic rings. The van der Waals surface area contributed by atoms with Crippen molar-refractivity contribution < 1.29 is 19.1 Å². The lowest BCUT2D eigenvalue weighted by Gasteiger charge is -2.16. The average molecular weight is 409 g/mol. The number of hydrogen-bond acceptors (Lipinski definition) is 4. The van der Waals surface area contributed by atoms with Crippen LogP contribution < -0.4 is 15.4 Å². The van der Waals surface area contributed by atoms with Crippen molar-refractivity contribution >= 4 is 23.5 Å². The fourth-order valence-electron chi connectivity index (χ4n) is 3.45. The first-order valence-electron chi connectivity index (χ1n) is 9.95. The van der Waals surface area contributed by atoms with E-state index >= 15 is 0 Å². The molecule has 4 amide bonds. The molecular formula is C23H27N3O4. The second-order valence-corrected chi connectivity index (χ2v) is 7.85. The van der Waals surface area contributed by atoms with Crippen molar-refractivity contribution in [3.8, 4) is 5.75 Å². The number of ether oxygens (including phenoxy) is 1. The van der Waals surface area contributed by atoms with Gasteiger partial charge in [0, 0.05) is 30.6 Å². The van der Waals surface area contributed by atoms with E-state index in [1.54, 1.807) is 27.0 Å². The molecule has 1 aliphatic rings. The molecule has 0 unspecified atom stereocenters. The number of methoxy groups -OCH3 is 1. The van der Waals surface area contributed by atoms with E-state index in [2.05, 4.69) is 10.6 Å². The minimum absolute atomic E-state index is 0.169. The van der Waals surface area contributed by atoms with Crippen molar-refractivity contribution in [2.24, 2.45) is 0 Å². The third-order valence-electron chi connectivity index (χ3n) is 5.03. The minimum Gasteiger partial charge on any atom is -0.496 e. The quantitative estimate of drug-likeness (QED) is 0.655. The first kappa shape index (κ1) is 21.4. The maximum absolute atomic E-state index is 12.4. The van der Waals surface area contributed by atoms with Gasteiger partial charge in [-0.2, -0.15) is 0 Å². The first-order valence-corrected chi connectivity index (χ1v) is 9.95. The van der Waals surface area contributed by atoms with Gasteiger partial charge >= 0.3 is 6.03 Å². The molecule has 0 bridgehead atoms. The smallest absolute Gasteiger partial charge is 0.325 e. The lowest BCUT2D eigenvalue weighted by atomic mass is 10.0. The van der Waals surface area contributed by atoms with Crippen molar-refractivity contribution in [2.45, 2.75) is 38.6 Å². The summed E-state index contributed by atoms with van der Waals surface area (Å²) in [5.74, 6) is 0.323. The third-order valence-corrected chi connectivity index (χ3v) is 5.03. The number of carbonyl (C=O) groups is 3. The first-order chi connectivity index (χ1) is 14.3. The SMILES string of the molecule is COc1ccc(NC(=O)CCCN2C(=O)NC(C)(C)C2=O)cc1Cc1ccccc1. The molecule has 0 atom stereocenters. The number of hydrogen-bond donors (Lipinski definition) is 2. The number of carbonyl (C=O) groups excluding carboxylic acids is 3. The highest BCUT2D eigenvalue weighted by Crippen LogP contribution is 2.25. The molecule has 2 aromatic carbocycles. The van der Waals surface area contributed by atoms with Crippen molar-refractivity contribution in [3.63, 3.8) is 0 Å². The van der Waals surface area contributed by atoms with Crippen LogP contribution in [0, 0.1) is 0 Å². The maximum atomic E-state index is 12.4. The van der Waals surface area contributed by atoms with Crippen LogP contribution in [0.2, 0.25) is 0 Å². The number of urea groups is 1. The zero-order chi connectivity index (χ0) is 21.7. The average Bonchev–Trinajstić information content (AvgIpc) is 2.90. The summed E-state index contributed by atoms with van der Waals surface area (Å²) >= 11 is 0. The van der Waals surface area contributed by atoms with Crippen LogP contribution in [0.15, 0.2) is 48.5 Å². The summed E-state index contributed by atoms with van der Waals surface area (Å²) in [5.41, 5.74) is 1.92. The molecule has 1 saturated heterocycles. The fraction of sp³-hybridized carbons (Fsp3) is 0.348. The van der Waals surface area contributed by atoms with E-state index < -0.39 is 11.6 Å². The van der Waals surface area contributed by atoms with Gasteiger partial charge in [0.2, 0.25) is 5.91 Å². The predicted molar refractivity (Wildman–Crippen MR) is 114 cm³/mol. The van der Waals surface area contributed by atoms with Crippen LogP contribution in [-0.4, -0.2) is 41.9 Å². The summed E-state index contributed by atoms with van der Waals surface area (Å²) in [5, 5.41) is 5.52. The van der Waals surface area contributed by atoms with Gasteiger partial charge in [0.05, 0.1) is 7.11 Å². The number of nitrogens with one attached hydrogen (secondary N) is 2. The van der Waals surface area contributed by atoms with Crippen LogP contribution in [0.4, 0.5) is 10.5 Å². The molecule has 1 aliphatic heterocycles. The number of anilines is 1.